The van der Waals surface area contributed by atoms with Crippen LogP contribution in [0.5, 0.6) is 0 Å². The molecule has 0 radical (unpaired) electrons. The number of aromatic nitrogens is 1. The molecule has 0 aliphatic carbocycles. The number of pyridine rings is 1. The van der Waals surface area contributed by atoms with Gasteiger partial charge >= 0.3 is 5.97 Å². The molecule has 0 fully saturated rings. The summed E-state index contributed by atoms with van der Waals surface area (Å²) in [5, 5.41) is 1.98. The molecule has 4 rings (SSSR count). The number of fused-ring (bicyclic) bond motifs is 1. The van der Waals surface area contributed by atoms with Crippen molar-refractivity contribution in [3.05, 3.63) is 87.4 Å². The third kappa shape index (κ3) is 3.78. The highest BCUT2D eigenvalue weighted by Crippen LogP contribution is 2.25. The van der Waals surface area contributed by atoms with Gasteiger partial charge in [0.2, 0.25) is 0 Å². The molecule has 4 nitrogen and oxygen atoms in total. The number of carbonyl (C=O) groups excluding carboxylic acids is 1. The summed E-state index contributed by atoms with van der Waals surface area (Å²) in [5.74, 6) is -0.260. The van der Waals surface area contributed by atoms with Crippen molar-refractivity contribution in [2.24, 2.45) is 0 Å². The first-order chi connectivity index (χ1) is 12.3. The summed E-state index contributed by atoms with van der Waals surface area (Å²) in [7, 11) is 0. The van der Waals surface area contributed by atoms with Crippen molar-refractivity contribution in [1.82, 2.24) is 9.88 Å². The minimum atomic E-state index is -0.260. The number of nitrogens with zero attached hydrogens (tertiary/aromatic N) is 2. The lowest BCUT2D eigenvalue weighted by Crippen LogP contribution is -2.15. The van der Waals surface area contributed by atoms with Gasteiger partial charge in [-0.15, -0.1) is 11.3 Å². The van der Waals surface area contributed by atoms with E-state index in [-0.39, 0.29) is 5.97 Å². The van der Waals surface area contributed by atoms with E-state index >= 15 is 0 Å². The van der Waals surface area contributed by atoms with E-state index in [2.05, 4.69) is 9.88 Å². The van der Waals surface area contributed by atoms with Crippen molar-refractivity contribution in [1.29, 1.82) is 0 Å². The average Bonchev–Trinajstić information content (AvgIpc) is 3.29. The second kappa shape index (κ2) is 7.17. The summed E-state index contributed by atoms with van der Waals surface area (Å²) in [6.45, 7) is 2.98. The highest BCUT2D eigenvalue weighted by Gasteiger charge is 2.21. The molecule has 0 saturated heterocycles. The molecule has 0 saturated carbocycles. The Hall–Kier alpha value is -2.50. The summed E-state index contributed by atoms with van der Waals surface area (Å²) in [5.41, 5.74) is 4.36. The molecule has 1 aliphatic rings. The van der Waals surface area contributed by atoms with E-state index < -0.39 is 0 Å². The van der Waals surface area contributed by atoms with Crippen LogP contribution < -0.4 is 0 Å². The van der Waals surface area contributed by atoms with Crippen molar-refractivity contribution in [3.63, 3.8) is 0 Å². The first kappa shape index (κ1) is 16.0. The first-order valence-electron chi connectivity index (χ1n) is 8.20. The molecule has 126 valence electrons. The van der Waals surface area contributed by atoms with Gasteiger partial charge < -0.3 is 4.74 Å². The maximum absolute atomic E-state index is 12.3. The Bertz CT molecular complexity index is 863. The molecule has 25 heavy (non-hydrogen) atoms. The first-order valence-corrected chi connectivity index (χ1v) is 9.08. The van der Waals surface area contributed by atoms with Crippen LogP contribution in [0, 0.1) is 0 Å². The Morgan fingerprint density at radius 3 is 2.76 bits per heavy atom. The Kier molecular flexibility index (Phi) is 4.59. The molecular formula is C20H18N2O2S. The number of carbonyl (C=O) groups is 1. The molecule has 0 bridgehead atoms. The number of rotatable bonds is 5. The fraction of sp³-hybridized carbons (Fsp3) is 0.200. The number of benzene rings is 1. The normalized spacial score (nSPS) is 13.6. The molecular weight excluding hydrogens is 332 g/mol. The molecule has 2 aromatic heterocycles. The predicted octanol–water partition coefficient (Wildman–Crippen LogP) is 4.02. The van der Waals surface area contributed by atoms with Crippen LogP contribution >= 0.6 is 11.3 Å². The van der Waals surface area contributed by atoms with E-state index in [1.54, 1.807) is 11.3 Å². The third-order valence-corrected chi connectivity index (χ3v) is 5.16. The van der Waals surface area contributed by atoms with Crippen LogP contribution in [-0.2, 0) is 31.0 Å². The van der Waals surface area contributed by atoms with E-state index in [4.69, 9.17) is 4.74 Å². The summed E-state index contributed by atoms with van der Waals surface area (Å²) in [4.78, 5) is 19.7. The molecule has 1 aliphatic heterocycles. The third-order valence-electron chi connectivity index (χ3n) is 4.31. The predicted molar refractivity (Wildman–Crippen MR) is 97.1 cm³/mol. The van der Waals surface area contributed by atoms with Gasteiger partial charge in [0.25, 0.3) is 0 Å². The molecule has 0 amide bonds. The molecule has 5 heteroatoms. The molecule has 0 N–H and O–H groups in total. The molecule has 0 unspecified atom stereocenters. The van der Waals surface area contributed by atoms with Crippen LogP contribution in [0.1, 0.15) is 31.9 Å². The Balaban J connectivity index is 1.40. The topological polar surface area (TPSA) is 42.4 Å². The van der Waals surface area contributed by atoms with Gasteiger partial charge in [0.15, 0.2) is 0 Å². The van der Waals surface area contributed by atoms with Crippen LogP contribution in [0.4, 0.5) is 0 Å². The van der Waals surface area contributed by atoms with Gasteiger partial charge in [-0.3, -0.25) is 9.88 Å². The minimum absolute atomic E-state index is 0.260. The smallest absolute Gasteiger partial charge is 0.338 e. The Morgan fingerprint density at radius 1 is 1.12 bits per heavy atom. The number of esters is 1. The maximum Gasteiger partial charge on any atom is 0.338 e. The average molecular weight is 350 g/mol. The van der Waals surface area contributed by atoms with Crippen LogP contribution in [0.15, 0.2) is 60.2 Å². The van der Waals surface area contributed by atoms with Crippen molar-refractivity contribution in [2.45, 2.75) is 26.2 Å². The minimum Gasteiger partial charge on any atom is -0.456 e. The lowest BCUT2D eigenvalue weighted by molar-refractivity contribution is 0.0476. The molecule has 3 aromatic rings. The van der Waals surface area contributed by atoms with Crippen molar-refractivity contribution in [2.75, 3.05) is 0 Å². The van der Waals surface area contributed by atoms with Gasteiger partial charge in [-0.25, -0.2) is 4.79 Å². The van der Waals surface area contributed by atoms with Gasteiger partial charge in [0, 0.05) is 36.9 Å². The zero-order chi connectivity index (χ0) is 17.1. The largest absolute Gasteiger partial charge is 0.456 e. The number of thiophene rings is 1. The molecule has 0 atom stereocenters. The lowest BCUT2D eigenvalue weighted by Gasteiger charge is -2.14. The second-order valence-electron chi connectivity index (χ2n) is 6.14. The van der Waals surface area contributed by atoms with Crippen LogP contribution in [0.2, 0.25) is 0 Å². The highest BCUT2D eigenvalue weighted by molar-refractivity contribution is 7.09. The van der Waals surface area contributed by atoms with Gasteiger partial charge in [-0.2, -0.15) is 0 Å². The highest BCUT2D eigenvalue weighted by atomic mass is 32.1. The SMILES string of the molecule is O=C(OCc1cccs1)c1ccc2c(c1)CN(Cc1ccncc1)C2. The van der Waals surface area contributed by atoms with Crippen LogP contribution in [0.3, 0.4) is 0 Å². The van der Waals surface area contributed by atoms with Gasteiger partial charge in [-0.1, -0.05) is 12.1 Å². The molecule has 0 spiro atoms. The summed E-state index contributed by atoms with van der Waals surface area (Å²) in [6, 6.07) is 13.9. The van der Waals surface area contributed by atoms with E-state index in [9.17, 15) is 4.79 Å². The zero-order valence-electron chi connectivity index (χ0n) is 13.7. The molecule has 3 heterocycles. The van der Waals surface area contributed by atoms with Crippen LogP contribution in [0.25, 0.3) is 0 Å². The van der Waals surface area contributed by atoms with Crippen LogP contribution in [-0.4, -0.2) is 15.9 Å². The van der Waals surface area contributed by atoms with Gasteiger partial charge in [0.1, 0.15) is 6.61 Å². The fourth-order valence-corrected chi connectivity index (χ4v) is 3.68. The number of hydrogen-bond donors (Lipinski definition) is 0. The fourth-order valence-electron chi connectivity index (χ4n) is 3.06. The van der Waals surface area contributed by atoms with Gasteiger partial charge in [0.05, 0.1) is 5.56 Å². The Morgan fingerprint density at radius 2 is 1.96 bits per heavy atom. The standard InChI is InChI=1S/C20H18N2O2S/c23-20(24-14-19-2-1-9-25-19)16-3-4-17-12-22(13-18(17)10-16)11-15-5-7-21-8-6-15/h1-10H,11-14H2. The van der Waals surface area contributed by atoms with Crippen molar-refractivity contribution < 1.29 is 9.53 Å². The van der Waals surface area contributed by atoms with E-state index in [1.807, 2.05) is 60.2 Å². The van der Waals surface area contributed by atoms with Crippen molar-refractivity contribution >= 4 is 17.3 Å². The summed E-state index contributed by atoms with van der Waals surface area (Å²) >= 11 is 1.59. The monoisotopic (exact) mass is 350 g/mol. The quantitative estimate of drug-likeness (QED) is 0.652. The van der Waals surface area contributed by atoms with E-state index in [0.29, 0.717) is 12.2 Å². The Labute approximate surface area is 150 Å². The second-order valence-corrected chi connectivity index (χ2v) is 7.17. The number of hydrogen-bond acceptors (Lipinski definition) is 5. The number of ether oxygens (including phenoxy) is 1. The zero-order valence-corrected chi connectivity index (χ0v) is 14.5. The summed E-state index contributed by atoms with van der Waals surface area (Å²) < 4.78 is 5.41. The molecule has 1 aromatic carbocycles. The lowest BCUT2D eigenvalue weighted by atomic mass is 10.1. The van der Waals surface area contributed by atoms with E-state index in [0.717, 1.165) is 24.5 Å². The van der Waals surface area contributed by atoms with E-state index in [1.165, 1.54) is 16.7 Å². The maximum atomic E-state index is 12.3. The van der Waals surface area contributed by atoms with Crippen molar-refractivity contribution in [3.8, 4) is 0 Å². The van der Waals surface area contributed by atoms with Gasteiger partial charge in [-0.05, 0) is 52.4 Å². The summed E-state index contributed by atoms with van der Waals surface area (Å²) in [6.07, 6.45) is 3.64.